The predicted octanol–water partition coefficient (Wildman–Crippen LogP) is 0.888. The molecule has 2 aliphatic rings. The highest BCUT2D eigenvalue weighted by atomic mass is 32.2. The van der Waals surface area contributed by atoms with Crippen LogP contribution >= 0.6 is 0 Å². The van der Waals surface area contributed by atoms with Gasteiger partial charge < -0.3 is 15.0 Å². The second kappa shape index (κ2) is 7.17. The quantitative estimate of drug-likeness (QED) is 0.445. The minimum absolute atomic E-state index is 0.186. The van der Waals surface area contributed by atoms with Crippen molar-refractivity contribution in [1.82, 2.24) is 10.2 Å². The zero-order valence-electron chi connectivity index (χ0n) is 14.0. The minimum Gasteiger partial charge on any atom is -0.381 e. The zero-order chi connectivity index (χ0) is 16.2. The minimum atomic E-state index is -3.01. The van der Waals surface area contributed by atoms with E-state index in [-0.39, 0.29) is 5.75 Å². The first kappa shape index (κ1) is 17.5. The lowest BCUT2D eigenvalue weighted by Gasteiger charge is -2.39. The van der Waals surface area contributed by atoms with Crippen molar-refractivity contribution in [2.24, 2.45) is 10.9 Å². The molecule has 0 amide bonds. The molecule has 0 atom stereocenters. The van der Waals surface area contributed by atoms with E-state index in [4.69, 9.17) is 4.74 Å². The van der Waals surface area contributed by atoms with Gasteiger partial charge in [-0.2, -0.15) is 0 Å². The first-order valence-corrected chi connectivity index (χ1v) is 9.76. The number of nitrogens with zero attached hydrogens (tertiary/aromatic N) is 2. The van der Waals surface area contributed by atoms with Gasteiger partial charge in [0.2, 0.25) is 0 Å². The van der Waals surface area contributed by atoms with Gasteiger partial charge in [0.1, 0.15) is 0 Å². The fourth-order valence-corrected chi connectivity index (χ4v) is 3.93. The highest BCUT2D eigenvalue weighted by Gasteiger charge is 2.40. The number of aliphatic imine (C=N–C) groups is 1. The summed E-state index contributed by atoms with van der Waals surface area (Å²) in [7, 11) is -1.28. The molecule has 0 aromatic heterocycles. The van der Waals surface area contributed by atoms with Gasteiger partial charge in [-0.05, 0) is 39.0 Å². The van der Waals surface area contributed by atoms with Crippen LogP contribution in [0.4, 0.5) is 0 Å². The van der Waals surface area contributed by atoms with E-state index in [1.54, 1.807) is 20.9 Å². The third-order valence-electron chi connectivity index (χ3n) is 4.35. The number of nitrogens with one attached hydrogen (secondary N) is 1. The first-order valence-electron chi connectivity index (χ1n) is 8.11. The molecule has 0 aromatic carbocycles. The van der Waals surface area contributed by atoms with Gasteiger partial charge in [0.05, 0.1) is 10.5 Å². The van der Waals surface area contributed by atoms with E-state index in [0.717, 1.165) is 38.1 Å². The fraction of sp³-hybridized carbons (Fsp3) is 0.933. The number of hydrogen-bond donors (Lipinski definition) is 1. The van der Waals surface area contributed by atoms with Crippen molar-refractivity contribution in [2.45, 2.75) is 37.9 Å². The molecule has 0 radical (unpaired) electrons. The lowest BCUT2D eigenvalue weighted by Crippen LogP contribution is -2.57. The van der Waals surface area contributed by atoms with Gasteiger partial charge in [-0.3, -0.25) is 4.99 Å². The Labute approximate surface area is 134 Å². The Bertz CT molecular complexity index is 498. The van der Waals surface area contributed by atoms with Crippen LogP contribution in [0, 0.1) is 5.92 Å². The summed E-state index contributed by atoms with van der Waals surface area (Å²) in [5, 5.41) is 3.31. The maximum atomic E-state index is 12.0. The Balaban J connectivity index is 1.72. The monoisotopic (exact) mass is 331 g/mol. The highest BCUT2D eigenvalue weighted by molar-refractivity contribution is 7.92. The van der Waals surface area contributed by atoms with Gasteiger partial charge >= 0.3 is 0 Å². The second-order valence-corrected chi connectivity index (χ2v) is 9.59. The van der Waals surface area contributed by atoms with Gasteiger partial charge in [-0.25, -0.2) is 8.42 Å². The number of hydrogen-bond acceptors (Lipinski definition) is 4. The van der Waals surface area contributed by atoms with E-state index >= 15 is 0 Å². The number of rotatable bonds is 6. The lowest BCUT2D eigenvalue weighted by molar-refractivity contribution is 0.122. The van der Waals surface area contributed by atoms with E-state index in [1.165, 1.54) is 12.8 Å². The Morgan fingerprint density at radius 3 is 2.73 bits per heavy atom. The summed E-state index contributed by atoms with van der Waals surface area (Å²) in [5.41, 5.74) is 0. The molecule has 0 aromatic rings. The fourth-order valence-electron chi connectivity index (χ4n) is 2.57. The van der Waals surface area contributed by atoms with Crippen molar-refractivity contribution in [3.8, 4) is 0 Å². The molecule has 1 heterocycles. The van der Waals surface area contributed by atoms with Crippen molar-refractivity contribution in [2.75, 3.05) is 45.6 Å². The third-order valence-corrected chi connectivity index (χ3v) is 6.89. The summed E-state index contributed by atoms with van der Waals surface area (Å²) >= 11 is 0. The van der Waals surface area contributed by atoms with Crippen molar-refractivity contribution in [3.05, 3.63) is 0 Å². The molecule has 1 saturated carbocycles. The van der Waals surface area contributed by atoms with Crippen LogP contribution in [0.25, 0.3) is 0 Å². The highest BCUT2D eigenvalue weighted by Crippen LogP contribution is 2.28. The Morgan fingerprint density at radius 2 is 2.14 bits per heavy atom. The molecule has 2 fully saturated rings. The normalized spacial score (nSPS) is 24.3. The molecule has 6 nitrogen and oxygen atoms in total. The van der Waals surface area contributed by atoms with Crippen LogP contribution < -0.4 is 5.32 Å². The molecular formula is C15H29N3O3S. The molecule has 1 N–H and O–H groups in total. The van der Waals surface area contributed by atoms with Crippen LogP contribution in [0.1, 0.15) is 33.1 Å². The summed E-state index contributed by atoms with van der Waals surface area (Å²) in [4.78, 5) is 6.31. The average molecular weight is 331 g/mol. The average Bonchev–Trinajstić information content (AvgIpc) is 3.26. The Morgan fingerprint density at radius 1 is 1.41 bits per heavy atom. The predicted molar refractivity (Wildman–Crippen MR) is 89.0 cm³/mol. The number of ether oxygens (including phenoxy) is 1. The summed E-state index contributed by atoms with van der Waals surface area (Å²) in [6.45, 7) is 7.01. The van der Waals surface area contributed by atoms with Crippen LogP contribution in [0.5, 0.6) is 0 Å². The molecule has 1 aliphatic carbocycles. The molecule has 2 rings (SSSR count). The molecule has 0 unspecified atom stereocenters. The molecule has 22 heavy (non-hydrogen) atoms. The number of guanidine groups is 1. The SMILES string of the molecule is CN=C(NCCCOCC1CC1)N1CCS(=O)(=O)C(C)(C)C1. The van der Waals surface area contributed by atoms with Crippen molar-refractivity contribution in [3.63, 3.8) is 0 Å². The van der Waals surface area contributed by atoms with Crippen molar-refractivity contribution in [1.29, 1.82) is 0 Å². The Kier molecular flexibility index (Phi) is 5.71. The second-order valence-electron chi connectivity index (χ2n) is 6.85. The molecule has 128 valence electrons. The van der Waals surface area contributed by atoms with Crippen LogP contribution in [-0.4, -0.2) is 69.7 Å². The van der Waals surface area contributed by atoms with Crippen LogP contribution in [0.15, 0.2) is 4.99 Å². The van der Waals surface area contributed by atoms with Gasteiger partial charge in [0, 0.05) is 39.9 Å². The topological polar surface area (TPSA) is 71.0 Å². The van der Waals surface area contributed by atoms with E-state index in [0.29, 0.717) is 13.1 Å². The summed E-state index contributed by atoms with van der Waals surface area (Å²) in [6.07, 6.45) is 3.57. The summed E-state index contributed by atoms with van der Waals surface area (Å²) in [5.74, 6) is 1.77. The van der Waals surface area contributed by atoms with Gasteiger partial charge in [0.15, 0.2) is 15.8 Å². The Hall–Kier alpha value is -0.820. The molecule has 7 heteroatoms. The van der Waals surface area contributed by atoms with Gasteiger partial charge in [-0.15, -0.1) is 0 Å². The summed E-state index contributed by atoms with van der Waals surface area (Å²) in [6, 6.07) is 0. The molecule has 1 aliphatic heterocycles. The summed E-state index contributed by atoms with van der Waals surface area (Å²) < 4.78 is 29.0. The smallest absolute Gasteiger partial charge is 0.193 e. The molecule has 1 saturated heterocycles. The zero-order valence-corrected chi connectivity index (χ0v) is 14.8. The third kappa shape index (κ3) is 4.59. The van der Waals surface area contributed by atoms with Crippen LogP contribution in [-0.2, 0) is 14.6 Å². The van der Waals surface area contributed by atoms with E-state index in [9.17, 15) is 8.42 Å². The van der Waals surface area contributed by atoms with E-state index < -0.39 is 14.6 Å². The number of sulfone groups is 1. The lowest BCUT2D eigenvalue weighted by atomic mass is 10.2. The largest absolute Gasteiger partial charge is 0.381 e. The maximum Gasteiger partial charge on any atom is 0.193 e. The van der Waals surface area contributed by atoms with Crippen LogP contribution in [0.3, 0.4) is 0 Å². The first-order chi connectivity index (χ1) is 10.4. The van der Waals surface area contributed by atoms with Crippen molar-refractivity contribution >= 4 is 15.8 Å². The molecule has 0 bridgehead atoms. The van der Waals surface area contributed by atoms with E-state index in [1.807, 2.05) is 4.90 Å². The van der Waals surface area contributed by atoms with Crippen molar-refractivity contribution < 1.29 is 13.2 Å². The van der Waals surface area contributed by atoms with Gasteiger partial charge in [-0.1, -0.05) is 0 Å². The van der Waals surface area contributed by atoms with Gasteiger partial charge in [0.25, 0.3) is 0 Å². The molecule has 0 spiro atoms. The van der Waals surface area contributed by atoms with Crippen LogP contribution in [0.2, 0.25) is 0 Å². The standard InChI is InChI=1S/C15H29N3O3S/c1-15(2)12-18(8-10-22(15,19)20)14(16-3)17-7-4-9-21-11-13-5-6-13/h13H,4-12H2,1-3H3,(H,16,17). The molecular weight excluding hydrogens is 302 g/mol. The maximum absolute atomic E-state index is 12.0. The van der Waals surface area contributed by atoms with E-state index in [2.05, 4.69) is 10.3 Å².